The molecule has 0 bridgehead atoms. The molecule has 1 aliphatic rings. The number of carbonyl (C=O) groups excluding carboxylic acids is 2. The topological polar surface area (TPSA) is 88.6 Å². The number of carbonyl (C=O) groups is 2. The van der Waals surface area contributed by atoms with Crippen LogP contribution in [-0.2, 0) is 5.41 Å². The maximum atomic E-state index is 13.8. The summed E-state index contributed by atoms with van der Waals surface area (Å²) in [6.07, 6.45) is 2.72. The summed E-state index contributed by atoms with van der Waals surface area (Å²) in [5.74, 6) is 0.818. The van der Waals surface area contributed by atoms with Crippen LogP contribution in [0, 0.1) is 0 Å². The van der Waals surface area contributed by atoms with E-state index in [1.165, 1.54) is 7.11 Å². The predicted octanol–water partition coefficient (Wildman–Crippen LogP) is 4.92. The minimum absolute atomic E-state index is 0.128. The van der Waals surface area contributed by atoms with E-state index in [0.29, 0.717) is 33.8 Å². The first-order chi connectivity index (χ1) is 16.5. The van der Waals surface area contributed by atoms with Gasteiger partial charge >= 0.3 is 0 Å². The number of hydrogen-bond donors (Lipinski definition) is 2. The Kier molecular flexibility index (Phi) is 5.46. The van der Waals surface area contributed by atoms with Crippen molar-refractivity contribution in [2.45, 2.75) is 18.3 Å². The number of hydrogen-bond acceptors (Lipinski definition) is 5. The first-order valence-electron chi connectivity index (χ1n) is 11.1. The fraction of sp³-hybridized carbons (Fsp3) is 0.214. The van der Waals surface area contributed by atoms with Gasteiger partial charge in [-0.3, -0.25) is 9.59 Å². The molecule has 6 nitrogen and oxygen atoms in total. The predicted molar refractivity (Wildman–Crippen MR) is 130 cm³/mol. The average Bonchev–Trinajstić information content (AvgIpc) is 3.59. The molecule has 2 N–H and O–H groups in total. The largest absolute Gasteiger partial charge is 0.497 e. The molecule has 1 heterocycles. The molecule has 0 unspecified atom stereocenters. The Labute approximate surface area is 197 Å². The number of aliphatic hydroxyl groups is 1. The Balaban J connectivity index is 1.65. The highest BCUT2D eigenvalue weighted by atomic mass is 16.5. The number of H-pyrrole nitrogens is 1. The van der Waals surface area contributed by atoms with E-state index in [9.17, 15) is 14.7 Å². The lowest BCUT2D eigenvalue weighted by Gasteiger charge is -2.15. The number of methoxy groups -OCH3 is 2. The zero-order chi connectivity index (χ0) is 23.9. The van der Waals surface area contributed by atoms with E-state index in [4.69, 9.17) is 9.47 Å². The van der Waals surface area contributed by atoms with Gasteiger partial charge in [-0.15, -0.1) is 0 Å². The summed E-state index contributed by atoms with van der Waals surface area (Å²) < 4.78 is 10.7. The Bertz CT molecular complexity index is 1400. The Morgan fingerprint density at radius 2 is 1.76 bits per heavy atom. The number of aromatic amines is 1. The second-order valence-corrected chi connectivity index (χ2v) is 8.74. The van der Waals surface area contributed by atoms with Crippen molar-refractivity contribution >= 4 is 23.0 Å². The summed E-state index contributed by atoms with van der Waals surface area (Å²) in [7, 11) is 3.08. The number of aromatic nitrogens is 1. The molecule has 0 atom stereocenters. The lowest BCUT2D eigenvalue weighted by molar-refractivity contribution is 0.103. The Hall–Kier alpha value is -3.90. The molecule has 34 heavy (non-hydrogen) atoms. The third-order valence-electron chi connectivity index (χ3n) is 6.77. The van der Waals surface area contributed by atoms with E-state index in [1.54, 1.807) is 37.4 Å². The molecule has 5 rings (SSSR count). The van der Waals surface area contributed by atoms with E-state index in [-0.39, 0.29) is 17.8 Å². The zero-order valence-corrected chi connectivity index (χ0v) is 19.1. The molecule has 0 amide bonds. The lowest BCUT2D eigenvalue weighted by atomic mass is 9.90. The standard InChI is InChI=1S/C28H25NO5/c1-33-21-7-8-22(26(13-21)34-2)27(32)24-14-25-18(11-20(15-30)29-25)12-23(24)17-3-5-19(6-4-17)28(16-31)9-10-28/h3-8,11-15,29,31H,9-10,16H2,1-2H3. The van der Waals surface area contributed by atoms with Crippen molar-refractivity contribution in [3.05, 3.63) is 83.0 Å². The van der Waals surface area contributed by atoms with Gasteiger partial charge in [-0.2, -0.15) is 0 Å². The smallest absolute Gasteiger partial charge is 0.197 e. The van der Waals surface area contributed by atoms with Crippen molar-refractivity contribution in [1.82, 2.24) is 4.98 Å². The number of aldehydes is 1. The summed E-state index contributed by atoms with van der Waals surface area (Å²) in [4.78, 5) is 28.2. The maximum Gasteiger partial charge on any atom is 0.197 e. The number of nitrogens with one attached hydrogen (secondary N) is 1. The van der Waals surface area contributed by atoms with Crippen LogP contribution in [0.5, 0.6) is 11.5 Å². The summed E-state index contributed by atoms with van der Waals surface area (Å²) in [6, 6.07) is 18.6. The number of benzene rings is 3. The van der Waals surface area contributed by atoms with E-state index in [0.717, 1.165) is 41.2 Å². The molecule has 1 aromatic heterocycles. The van der Waals surface area contributed by atoms with E-state index < -0.39 is 0 Å². The van der Waals surface area contributed by atoms with Gasteiger partial charge in [0, 0.05) is 27.9 Å². The third-order valence-corrected chi connectivity index (χ3v) is 6.77. The van der Waals surface area contributed by atoms with Crippen LogP contribution >= 0.6 is 0 Å². The lowest BCUT2D eigenvalue weighted by Crippen LogP contribution is -2.11. The normalized spacial score (nSPS) is 14.1. The molecular formula is C28H25NO5. The molecule has 0 aliphatic heterocycles. The van der Waals surface area contributed by atoms with Crippen LogP contribution in [0.1, 0.15) is 44.8 Å². The van der Waals surface area contributed by atoms with Gasteiger partial charge in [-0.1, -0.05) is 24.3 Å². The van der Waals surface area contributed by atoms with E-state index >= 15 is 0 Å². The third kappa shape index (κ3) is 3.66. The summed E-state index contributed by atoms with van der Waals surface area (Å²) in [5.41, 5.74) is 4.67. The molecule has 3 aromatic carbocycles. The average molecular weight is 456 g/mol. The van der Waals surface area contributed by atoms with Crippen molar-refractivity contribution in [1.29, 1.82) is 0 Å². The highest BCUT2D eigenvalue weighted by Crippen LogP contribution is 2.48. The number of ether oxygens (including phenoxy) is 2. The minimum atomic E-state index is -0.197. The van der Waals surface area contributed by atoms with Crippen molar-refractivity contribution in [2.24, 2.45) is 0 Å². The fourth-order valence-electron chi connectivity index (χ4n) is 4.52. The van der Waals surface area contributed by atoms with Gasteiger partial charge in [0.05, 0.1) is 32.1 Å². The van der Waals surface area contributed by atoms with Crippen LogP contribution in [0.25, 0.3) is 22.0 Å². The molecule has 1 saturated carbocycles. The van der Waals surface area contributed by atoms with Gasteiger partial charge in [0.2, 0.25) is 0 Å². The van der Waals surface area contributed by atoms with Crippen LogP contribution in [-0.4, -0.2) is 43.0 Å². The minimum Gasteiger partial charge on any atom is -0.497 e. The van der Waals surface area contributed by atoms with Crippen LogP contribution in [0.15, 0.2) is 60.7 Å². The number of rotatable bonds is 8. The van der Waals surface area contributed by atoms with Crippen LogP contribution < -0.4 is 9.47 Å². The highest BCUT2D eigenvalue weighted by molar-refractivity contribution is 6.16. The van der Waals surface area contributed by atoms with Gasteiger partial charge in [0.25, 0.3) is 0 Å². The quantitative estimate of drug-likeness (QED) is 0.291. The van der Waals surface area contributed by atoms with Crippen LogP contribution in [0.4, 0.5) is 0 Å². The number of aliphatic hydroxyl groups excluding tert-OH is 1. The van der Waals surface area contributed by atoms with E-state index in [1.807, 2.05) is 30.3 Å². The highest BCUT2D eigenvalue weighted by Gasteiger charge is 2.43. The zero-order valence-electron chi connectivity index (χ0n) is 19.1. The number of ketones is 1. The SMILES string of the molecule is COc1ccc(C(=O)c2cc3[nH]c(C=O)cc3cc2-c2ccc(C3(CO)CC3)cc2)c(OC)c1. The first kappa shape index (κ1) is 21.9. The van der Waals surface area contributed by atoms with Gasteiger partial charge < -0.3 is 19.6 Å². The molecule has 1 fully saturated rings. The van der Waals surface area contributed by atoms with Gasteiger partial charge in [-0.25, -0.2) is 0 Å². The Morgan fingerprint density at radius 3 is 2.38 bits per heavy atom. The number of fused-ring (bicyclic) bond motifs is 1. The van der Waals surface area contributed by atoms with Crippen molar-refractivity contribution in [3.63, 3.8) is 0 Å². The van der Waals surface area contributed by atoms with Crippen LogP contribution in [0.3, 0.4) is 0 Å². The Morgan fingerprint density at radius 1 is 1.00 bits per heavy atom. The van der Waals surface area contributed by atoms with Crippen LogP contribution in [0.2, 0.25) is 0 Å². The summed E-state index contributed by atoms with van der Waals surface area (Å²) >= 11 is 0. The first-order valence-corrected chi connectivity index (χ1v) is 11.1. The van der Waals surface area contributed by atoms with Crippen molar-refractivity contribution in [3.8, 4) is 22.6 Å². The van der Waals surface area contributed by atoms with E-state index in [2.05, 4.69) is 4.98 Å². The second-order valence-electron chi connectivity index (χ2n) is 8.74. The molecule has 6 heteroatoms. The molecule has 4 aromatic rings. The second kappa shape index (κ2) is 8.47. The van der Waals surface area contributed by atoms with Crippen molar-refractivity contribution < 1.29 is 24.2 Å². The molecule has 1 aliphatic carbocycles. The summed E-state index contributed by atoms with van der Waals surface area (Å²) in [6.45, 7) is 0.136. The molecule has 0 radical (unpaired) electrons. The molecular weight excluding hydrogens is 430 g/mol. The summed E-state index contributed by atoms with van der Waals surface area (Å²) in [5, 5.41) is 10.6. The van der Waals surface area contributed by atoms with Crippen molar-refractivity contribution in [2.75, 3.05) is 20.8 Å². The molecule has 0 spiro atoms. The van der Waals surface area contributed by atoms with Gasteiger partial charge in [0.1, 0.15) is 11.5 Å². The monoisotopic (exact) mass is 455 g/mol. The molecule has 0 saturated heterocycles. The van der Waals surface area contributed by atoms with Gasteiger partial charge in [-0.05, 0) is 59.9 Å². The van der Waals surface area contributed by atoms with Gasteiger partial charge in [0.15, 0.2) is 12.1 Å². The maximum absolute atomic E-state index is 13.8. The molecule has 172 valence electrons. The fourth-order valence-corrected chi connectivity index (χ4v) is 4.52.